The molecular formula is C16H20FN5O2. The molecule has 0 aliphatic carbocycles. The van der Waals surface area contributed by atoms with Gasteiger partial charge in [0.05, 0.1) is 19.2 Å². The predicted octanol–water partition coefficient (Wildman–Crippen LogP) is 1.64. The summed E-state index contributed by atoms with van der Waals surface area (Å²) in [6, 6.07) is 5.89. The molecule has 128 valence electrons. The minimum absolute atomic E-state index is 0.175. The third kappa shape index (κ3) is 3.53. The highest BCUT2D eigenvalue weighted by Gasteiger charge is 2.23. The van der Waals surface area contributed by atoms with E-state index in [9.17, 15) is 9.18 Å². The molecule has 0 radical (unpaired) electrons. The maximum atomic E-state index is 13.0. The summed E-state index contributed by atoms with van der Waals surface area (Å²) in [7, 11) is 1.56. The van der Waals surface area contributed by atoms with E-state index in [1.807, 2.05) is 11.6 Å². The Morgan fingerprint density at radius 3 is 2.83 bits per heavy atom. The van der Waals surface area contributed by atoms with Gasteiger partial charge in [-0.2, -0.15) is 5.10 Å². The minimum atomic E-state index is -0.328. The van der Waals surface area contributed by atoms with Crippen LogP contribution >= 0.6 is 0 Å². The van der Waals surface area contributed by atoms with Gasteiger partial charge in [0, 0.05) is 20.2 Å². The van der Waals surface area contributed by atoms with Gasteiger partial charge in [-0.1, -0.05) is 12.1 Å². The van der Waals surface area contributed by atoms with Gasteiger partial charge in [0.2, 0.25) is 0 Å². The molecule has 2 heterocycles. The number of urea groups is 1. The lowest BCUT2D eigenvalue weighted by atomic mass is 10.1. The zero-order chi connectivity index (χ0) is 17.1. The number of hydrogen-bond acceptors (Lipinski definition) is 4. The first-order valence-electron chi connectivity index (χ1n) is 7.78. The summed E-state index contributed by atoms with van der Waals surface area (Å²) in [5.74, 6) is 1.20. The number of hydrogen-bond donors (Lipinski definition) is 1. The Labute approximate surface area is 139 Å². The minimum Gasteiger partial charge on any atom is -0.375 e. The number of aromatic nitrogens is 3. The molecule has 0 fully saturated rings. The number of aryl methyl sites for hydroxylation is 1. The van der Waals surface area contributed by atoms with E-state index < -0.39 is 0 Å². The number of nitrogens with one attached hydrogen (secondary N) is 1. The van der Waals surface area contributed by atoms with E-state index in [1.54, 1.807) is 24.1 Å². The van der Waals surface area contributed by atoms with Gasteiger partial charge in [-0.15, -0.1) is 0 Å². The van der Waals surface area contributed by atoms with Crippen molar-refractivity contribution in [1.82, 2.24) is 25.0 Å². The van der Waals surface area contributed by atoms with E-state index in [1.165, 1.54) is 12.1 Å². The molecule has 7 nitrogen and oxygen atoms in total. The van der Waals surface area contributed by atoms with Crippen molar-refractivity contribution in [3.8, 4) is 0 Å². The van der Waals surface area contributed by atoms with Crippen LogP contribution in [0.15, 0.2) is 24.3 Å². The third-order valence-electron chi connectivity index (χ3n) is 4.02. The fraction of sp³-hybridized carbons (Fsp3) is 0.438. The number of fused-ring (bicyclic) bond motifs is 1. The molecular weight excluding hydrogens is 313 g/mol. The second-order valence-electron chi connectivity index (χ2n) is 5.68. The topological polar surface area (TPSA) is 72.3 Å². The van der Waals surface area contributed by atoms with Gasteiger partial charge in [-0.3, -0.25) is 0 Å². The Morgan fingerprint density at radius 1 is 1.38 bits per heavy atom. The van der Waals surface area contributed by atoms with Crippen LogP contribution < -0.4 is 5.32 Å². The largest absolute Gasteiger partial charge is 0.375 e. The Morgan fingerprint density at radius 2 is 2.12 bits per heavy atom. The molecule has 1 aromatic heterocycles. The second kappa shape index (κ2) is 6.96. The summed E-state index contributed by atoms with van der Waals surface area (Å²) in [5.41, 5.74) is 0.813. The van der Waals surface area contributed by atoms with Gasteiger partial charge >= 0.3 is 6.03 Å². The van der Waals surface area contributed by atoms with Gasteiger partial charge in [0.1, 0.15) is 17.5 Å². The van der Waals surface area contributed by atoms with Crippen LogP contribution in [0.4, 0.5) is 9.18 Å². The van der Waals surface area contributed by atoms with Crippen molar-refractivity contribution in [2.75, 3.05) is 20.2 Å². The number of rotatable bonds is 4. The normalized spacial score (nSPS) is 15.0. The SMILES string of the molecule is CO[C@@H](CNC(=O)N1CCn2nc(C)nc2C1)c1ccc(F)cc1. The molecule has 24 heavy (non-hydrogen) atoms. The molecule has 1 aliphatic rings. The average molecular weight is 333 g/mol. The first-order chi connectivity index (χ1) is 11.6. The maximum Gasteiger partial charge on any atom is 0.317 e. The molecule has 3 rings (SSSR count). The van der Waals surface area contributed by atoms with E-state index >= 15 is 0 Å². The molecule has 2 aromatic rings. The van der Waals surface area contributed by atoms with Crippen LogP contribution in [0.2, 0.25) is 0 Å². The van der Waals surface area contributed by atoms with Crippen molar-refractivity contribution < 1.29 is 13.9 Å². The lowest BCUT2D eigenvalue weighted by Gasteiger charge is -2.27. The molecule has 1 N–H and O–H groups in total. The number of benzene rings is 1. The quantitative estimate of drug-likeness (QED) is 0.923. The van der Waals surface area contributed by atoms with Crippen molar-refractivity contribution in [1.29, 1.82) is 0 Å². The number of amides is 2. The van der Waals surface area contributed by atoms with Gasteiger partial charge in [-0.25, -0.2) is 18.9 Å². The lowest BCUT2D eigenvalue weighted by Crippen LogP contribution is -2.45. The van der Waals surface area contributed by atoms with E-state index in [0.717, 1.165) is 11.4 Å². The Balaban J connectivity index is 1.57. The molecule has 2 amide bonds. The number of carbonyl (C=O) groups excluding carboxylic acids is 1. The molecule has 8 heteroatoms. The van der Waals surface area contributed by atoms with Gasteiger partial charge in [0.25, 0.3) is 0 Å². The number of halogens is 1. The molecule has 0 unspecified atom stereocenters. The summed E-state index contributed by atoms with van der Waals surface area (Å²) in [6.45, 7) is 3.79. The average Bonchev–Trinajstić information content (AvgIpc) is 2.95. The summed E-state index contributed by atoms with van der Waals surface area (Å²) >= 11 is 0. The monoisotopic (exact) mass is 333 g/mol. The summed E-state index contributed by atoms with van der Waals surface area (Å²) in [4.78, 5) is 18.4. The van der Waals surface area contributed by atoms with Crippen LogP contribution in [-0.4, -0.2) is 45.9 Å². The van der Waals surface area contributed by atoms with Crippen LogP contribution in [0, 0.1) is 12.7 Å². The number of methoxy groups -OCH3 is 1. The first-order valence-corrected chi connectivity index (χ1v) is 7.78. The van der Waals surface area contributed by atoms with Gasteiger partial charge in [-0.05, 0) is 24.6 Å². The van der Waals surface area contributed by atoms with Crippen LogP contribution in [0.25, 0.3) is 0 Å². The summed E-state index contributed by atoms with van der Waals surface area (Å²) < 4.78 is 20.2. The highest BCUT2D eigenvalue weighted by molar-refractivity contribution is 5.74. The molecule has 1 aromatic carbocycles. The molecule has 0 bridgehead atoms. The maximum absolute atomic E-state index is 13.0. The number of nitrogens with zero attached hydrogens (tertiary/aromatic N) is 4. The standard InChI is InChI=1S/C16H20FN5O2/c1-11-19-15-10-21(7-8-22(15)20-11)16(23)18-9-14(24-2)12-3-5-13(17)6-4-12/h3-6,14H,7-10H2,1-2H3,(H,18,23)/t14-/m0/s1. The van der Waals surface area contributed by atoms with Gasteiger partial charge < -0.3 is 15.0 Å². The van der Waals surface area contributed by atoms with E-state index in [-0.39, 0.29) is 18.0 Å². The first kappa shape index (κ1) is 16.4. The van der Waals surface area contributed by atoms with E-state index in [2.05, 4.69) is 15.4 Å². The zero-order valence-corrected chi connectivity index (χ0v) is 13.7. The molecule has 1 atom stereocenters. The lowest BCUT2D eigenvalue weighted by molar-refractivity contribution is 0.100. The third-order valence-corrected chi connectivity index (χ3v) is 4.02. The highest BCUT2D eigenvalue weighted by atomic mass is 19.1. The highest BCUT2D eigenvalue weighted by Crippen LogP contribution is 2.16. The smallest absolute Gasteiger partial charge is 0.317 e. The van der Waals surface area contributed by atoms with Crippen molar-refractivity contribution >= 4 is 6.03 Å². The van der Waals surface area contributed by atoms with Crippen molar-refractivity contribution in [2.45, 2.75) is 26.1 Å². The molecule has 0 saturated heterocycles. The van der Waals surface area contributed by atoms with Gasteiger partial charge in [0.15, 0.2) is 0 Å². The Bertz CT molecular complexity index is 716. The predicted molar refractivity (Wildman–Crippen MR) is 84.7 cm³/mol. The van der Waals surface area contributed by atoms with Crippen LogP contribution in [0.5, 0.6) is 0 Å². The number of ether oxygens (including phenoxy) is 1. The van der Waals surface area contributed by atoms with E-state index in [4.69, 9.17) is 4.74 Å². The summed E-state index contributed by atoms with van der Waals surface area (Å²) in [5, 5.41) is 7.14. The fourth-order valence-electron chi connectivity index (χ4n) is 2.74. The van der Waals surface area contributed by atoms with Crippen LogP contribution in [-0.2, 0) is 17.8 Å². The second-order valence-corrected chi connectivity index (χ2v) is 5.68. The van der Waals surface area contributed by atoms with Crippen LogP contribution in [0.1, 0.15) is 23.3 Å². The fourth-order valence-corrected chi connectivity index (χ4v) is 2.74. The zero-order valence-electron chi connectivity index (χ0n) is 13.7. The molecule has 1 aliphatic heterocycles. The van der Waals surface area contributed by atoms with Crippen molar-refractivity contribution in [2.24, 2.45) is 0 Å². The van der Waals surface area contributed by atoms with E-state index in [0.29, 0.717) is 32.0 Å². The summed E-state index contributed by atoms with van der Waals surface area (Å²) in [6.07, 6.45) is -0.328. The number of carbonyl (C=O) groups is 1. The van der Waals surface area contributed by atoms with Crippen LogP contribution in [0.3, 0.4) is 0 Å². The molecule has 0 spiro atoms. The Kier molecular flexibility index (Phi) is 4.75. The molecule has 0 saturated carbocycles. The van der Waals surface area contributed by atoms with Crippen molar-refractivity contribution in [3.05, 3.63) is 47.3 Å². The van der Waals surface area contributed by atoms with Crippen molar-refractivity contribution in [3.63, 3.8) is 0 Å². The Hall–Kier alpha value is -2.48.